The van der Waals surface area contributed by atoms with Crippen molar-refractivity contribution in [2.45, 2.75) is 32.1 Å². The maximum absolute atomic E-state index is 5.60. The number of ether oxygens (including phenoxy) is 1. The van der Waals surface area contributed by atoms with E-state index in [4.69, 9.17) is 15.0 Å². The third-order valence-electron chi connectivity index (χ3n) is 3.40. The molecule has 2 aromatic rings. The van der Waals surface area contributed by atoms with E-state index in [0.717, 1.165) is 56.8 Å². The molecular formula is C13H18N4O2S. The molecular weight excluding hydrogens is 276 g/mol. The summed E-state index contributed by atoms with van der Waals surface area (Å²) in [4.78, 5) is 8.67. The van der Waals surface area contributed by atoms with Crippen molar-refractivity contribution in [3.63, 3.8) is 0 Å². The molecule has 3 rings (SSSR count). The van der Waals surface area contributed by atoms with Gasteiger partial charge in [-0.2, -0.15) is 4.98 Å². The molecule has 2 aromatic heterocycles. The summed E-state index contributed by atoms with van der Waals surface area (Å²) in [7, 11) is 0. The molecule has 0 aliphatic carbocycles. The zero-order chi connectivity index (χ0) is 13.8. The fourth-order valence-electron chi connectivity index (χ4n) is 2.34. The summed E-state index contributed by atoms with van der Waals surface area (Å²) >= 11 is 1.48. The van der Waals surface area contributed by atoms with E-state index in [1.165, 1.54) is 11.3 Å². The van der Waals surface area contributed by atoms with Gasteiger partial charge >= 0.3 is 0 Å². The van der Waals surface area contributed by atoms with Gasteiger partial charge in [-0.05, 0) is 25.2 Å². The molecule has 20 heavy (non-hydrogen) atoms. The Balaban J connectivity index is 1.44. The summed E-state index contributed by atoms with van der Waals surface area (Å²) in [5.41, 5.74) is 6.64. The van der Waals surface area contributed by atoms with Crippen LogP contribution in [0, 0.1) is 5.92 Å². The van der Waals surface area contributed by atoms with Gasteiger partial charge in [0.2, 0.25) is 5.89 Å². The summed E-state index contributed by atoms with van der Waals surface area (Å²) in [6, 6.07) is 0. The molecule has 0 amide bonds. The Kier molecular flexibility index (Phi) is 4.27. The lowest BCUT2D eigenvalue weighted by atomic mass is 10.1. The number of aromatic nitrogens is 3. The molecule has 1 fully saturated rings. The molecule has 0 bridgehead atoms. The SMILES string of the molecule is Nc1nc(CCCc2nc(CC3CCOC3)no2)cs1. The minimum absolute atomic E-state index is 0.540. The van der Waals surface area contributed by atoms with Gasteiger partial charge in [0.15, 0.2) is 11.0 Å². The quantitative estimate of drug-likeness (QED) is 0.875. The van der Waals surface area contributed by atoms with Gasteiger partial charge in [-0.3, -0.25) is 0 Å². The molecule has 0 aromatic carbocycles. The number of thiazole rings is 1. The Morgan fingerprint density at radius 3 is 3.05 bits per heavy atom. The van der Waals surface area contributed by atoms with E-state index in [-0.39, 0.29) is 0 Å². The molecule has 0 spiro atoms. The Hall–Kier alpha value is -1.47. The van der Waals surface area contributed by atoms with E-state index < -0.39 is 0 Å². The van der Waals surface area contributed by atoms with Crippen LogP contribution in [-0.2, 0) is 24.0 Å². The Morgan fingerprint density at radius 1 is 1.35 bits per heavy atom. The maximum atomic E-state index is 5.60. The van der Waals surface area contributed by atoms with E-state index >= 15 is 0 Å². The van der Waals surface area contributed by atoms with E-state index in [9.17, 15) is 0 Å². The Morgan fingerprint density at radius 2 is 2.30 bits per heavy atom. The molecule has 0 radical (unpaired) electrons. The molecule has 6 nitrogen and oxygen atoms in total. The van der Waals surface area contributed by atoms with E-state index in [1.54, 1.807) is 0 Å². The van der Waals surface area contributed by atoms with Crippen molar-refractivity contribution in [2.75, 3.05) is 18.9 Å². The minimum atomic E-state index is 0.540. The number of hydrogen-bond acceptors (Lipinski definition) is 7. The highest BCUT2D eigenvalue weighted by atomic mass is 32.1. The topological polar surface area (TPSA) is 87.1 Å². The number of nitrogens with two attached hydrogens (primary N) is 1. The highest BCUT2D eigenvalue weighted by Gasteiger charge is 2.19. The second-order valence-corrected chi connectivity index (χ2v) is 5.96. The fraction of sp³-hybridized carbons (Fsp3) is 0.615. The Labute approximate surface area is 121 Å². The number of anilines is 1. The van der Waals surface area contributed by atoms with Crippen LogP contribution in [0.5, 0.6) is 0 Å². The fourth-order valence-corrected chi connectivity index (χ4v) is 2.93. The molecule has 2 N–H and O–H groups in total. The van der Waals surface area contributed by atoms with Crippen LogP contribution in [0.3, 0.4) is 0 Å². The van der Waals surface area contributed by atoms with Gasteiger partial charge in [-0.15, -0.1) is 11.3 Å². The van der Waals surface area contributed by atoms with Crippen LogP contribution in [0.1, 0.15) is 30.3 Å². The van der Waals surface area contributed by atoms with Gasteiger partial charge in [0, 0.05) is 31.4 Å². The van der Waals surface area contributed by atoms with Crippen LogP contribution in [0.2, 0.25) is 0 Å². The van der Waals surface area contributed by atoms with Crippen molar-refractivity contribution in [1.82, 2.24) is 15.1 Å². The predicted molar refractivity (Wildman–Crippen MR) is 75.5 cm³/mol. The van der Waals surface area contributed by atoms with Crippen LogP contribution in [0.25, 0.3) is 0 Å². The molecule has 3 heterocycles. The third kappa shape index (κ3) is 3.55. The second-order valence-electron chi connectivity index (χ2n) is 5.07. The molecule has 1 atom stereocenters. The second kappa shape index (κ2) is 6.32. The van der Waals surface area contributed by atoms with Crippen molar-refractivity contribution in [1.29, 1.82) is 0 Å². The zero-order valence-electron chi connectivity index (χ0n) is 11.2. The number of nitrogen functional groups attached to an aromatic ring is 1. The van der Waals surface area contributed by atoms with Gasteiger partial charge < -0.3 is 15.0 Å². The first kappa shape index (κ1) is 13.5. The lowest BCUT2D eigenvalue weighted by molar-refractivity contribution is 0.185. The lowest BCUT2D eigenvalue weighted by Crippen LogP contribution is -2.05. The first-order valence-electron chi connectivity index (χ1n) is 6.88. The maximum Gasteiger partial charge on any atom is 0.226 e. The van der Waals surface area contributed by atoms with E-state index in [1.807, 2.05) is 5.38 Å². The summed E-state index contributed by atoms with van der Waals surface area (Å²) < 4.78 is 10.6. The number of nitrogens with zero attached hydrogens (tertiary/aromatic N) is 3. The molecule has 7 heteroatoms. The molecule has 108 valence electrons. The predicted octanol–water partition coefficient (Wildman–Crippen LogP) is 1.86. The molecule has 1 aliphatic rings. The lowest BCUT2D eigenvalue weighted by Gasteiger charge is -2.00. The van der Waals surface area contributed by atoms with E-state index in [0.29, 0.717) is 16.9 Å². The number of hydrogen-bond donors (Lipinski definition) is 1. The third-order valence-corrected chi connectivity index (χ3v) is 4.12. The summed E-state index contributed by atoms with van der Waals surface area (Å²) in [6.45, 7) is 1.67. The van der Waals surface area contributed by atoms with E-state index in [2.05, 4.69) is 15.1 Å². The zero-order valence-corrected chi connectivity index (χ0v) is 12.1. The summed E-state index contributed by atoms with van der Waals surface area (Å²) in [5.74, 6) is 2.05. The average molecular weight is 294 g/mol. The smallest absolute Gasteiger partial charge is 0.226 e. The minimum Gasteiger partial charge on any atom is -0.381 e. The number of aryl methyl sites for hydroxylation is 2. The molecule has 0 saturated carbocycles. The van der Waals surface area contributed by atoms with Crippen molar-refractivity contribution in [3.05, 3.63) is 22.8 Å². The summed E-state index contributed by atoms with van der Waals surface area (Å²) in [5, 5.41) is 6.65. The van der Waals surface area contributed by atoms with Gasteiger partial charge in [-0.25, -0.2) is 4.98 Å². The highest BCUT2D eigenvalue weighted by Crippen LogP contribution is 2.17. The first-order chi connectivity index (χ1) is 9.79. The van der Waals surface area contributed by atoms with Crippen LogP contribution in [0.4, 0.5) is 5.13 Å². The van der Waals surface area contributed by atoms with Crippen molar-refractivity contribution in [2.24, 2.45) is 5.92 Å². The van der Waals surface area contributed by atoms with Gasteiger partial charge in [0.25, 0.3) is 0 Å². The van der Waals surface area contributed by atoms with Crippen LogP contribution >= 0.6 is 11.3 Å². The molecule has 1 saturated heterocycles. The van der Waals surface area contributed by atoms with Crippen molar-refractivity contribution >= 4 is 16.5 Å². The van der Waals surface area contributed by atoms with Gasteiger partial charge in [0.1, 0.15) is 0 Å². The Bertz CT molecular complexity index is 548. The summed E-state index contributed by atoms with van der Waals surface area (Å²) in [6.07, 6.45) is 4.56. The first-order valence-corrected chi connectivity index (χ1v) is 7.76. The van der Waals surface area contributed by atoms with Crippen molar-refractivity contribution in [3.8, 4) is 0 Å². The monoisotopic (exact) mass is 294 g/mol. The highest BCUT2D eigenvalue weighted by molar-refractivity contribution is 7.13. The number of rotatable bonds is 6. The molecule has 1 aliphatic heterocycles. The van der Waals surface area contributed by atoms with Crippen molar-refractivity contribution < 1.29 is 9.26 Å². The standard InChI is InChI=1S/C13H18N4O2S/c14-13-15-10(8-20-13)2-1-3-12-16-11(17-19-12)6-9-4-5-18-7-9/h8-9H,1-7H2,(H2,14,15). The largest absolute Gasteiger partial charge is 0.381 e. The van der Waals surface area contributed by atoms with Gasteiger partial charge in [0.05, 0.1) is 5.69 Å². The average Bonchev–Trinajstić information content (AvgIpc) is 3.14. The van der Waals surface area contributed by atoms with Gasteiger partial charge in [-0.1, -0.05) is 5.16 Å². The van der Waals surface area contributed by atoms with Crippen LogP contribution in [-0.4, -0.2) is 28.3 Å². The van der Waals surface area contributed by atoms with Crippen LogP contribution in [0.15, 0.2) is 9.90 Å². The van der Waals surface area contributed by atoms with Crippen LogP contribution < -0.4 is 5.73 Å². The molecule has 1 unspecified atom stereocenters. The normalized spacial score (nSPS) is 18.7.